The first kappa shape index (κ1) is 6.96. The second kappa shape index (κ2) is 3.12. The molecule has 1 aromatic rings. The minimum atomic E-state index is 1.18. The van der Waals surface area contributed by atoms with Gasteiger partial charge >= 0.3 is 65.6 Å². The average molecular weight is 171 g/mol. The van der Waals surface area contributed by atoms with E-state index in [1.807, 2.05) is 0 Å². The number of rotatable bonds is 1. The van der Waals surface area contributed by atoms with E-state index in [9.17, 15) is 0 Å². The van der Waals surface area contributed by atoms with E-state index in [-0.39, 0.29) is 0 Å². The molecular formula is C8H9Zn. The molecule has 0 bridgehead atoms. The molecule has 0 unspecified atom stereocenters. The van der Waals surface area contributed by atoms with Crippen LogP contribution in [0.3, 0.4) is 0 Å². The Morgan fingerprint density at radius 3 is 2.44 bits per heavy atom. The summed E-state index contributed by atoms with van der Waals surface area (Å²) >= 11 is 1.28. The fraction of sp³-hybridized carbons (Fsp3) is 0.250. The summed E-state index contributed by atoms with van der Waals surface area (Å²) in [6.45, 7) is 2.20. The molecule has 9 heavy (non-hydrogen) atoms. The number of aryl methyl sites for hydroxylation is 1. The van der Waals surface area contributed by atoms with Crippen LogP contribution in [0.4, 0.5) is 0 Å². The molecule has 0 N–H and O–H groups in total. The summed E-state index contributed by atoms with van der Waals surface area (Å²) in [7, 11) is 0. The average Bonchev–Trinajstić information content (AvgIpc) is 1.89. The Bertz CT molecular complexity index is 194. The van der Waals surface area contributed by atoms with Crippen molar-refractivity contribution in [3.05, 3.63) is 29.8 Å². The molecule has 0 aliphatic rings. The van der Waals surface area contributed by atoms with E-state index in [0.717, 1.165) is 0 Å². The quantitative estimate of drug-likeness (QED) is 0.560. The Hall–Kier alpha value is -0.157. The summed E-state index contributed by atoms with van der Waals surface area (Å²) in [5.41, 5.74) is 1.51. The van der Waals surface area contributed by atoms with Crippen molar-refractivity contribution in [2.45, 2.75) is 13.3 Å². The summed E-state index contributed by atoms with van der Waals surface area (Å²) in [5, 5.41) is 0. The zero-order valence-electron chi connectivity index (χ0n) is 5.72. The van der Waals surface area contributed by atoms with Crippen molar-refractivity contribution in [2.75, 3.05) is 0 Å². The number of hydrogen-bond acceptors (Lipinski definition) is 0. The van der Waals surface area contributed by atoms with Crippen LogP contribution in [0, 0.1) is 0 Å². The standard InChI is InChI=1S/C8H9.Zn/c1-2-8-6-4-3-5-7-8;/h3-6H,2H2,1H3;. The van der Waals surface area contributed by atoms with E-state index >= 15 is 0 Å². The molecule has 0 amide bonds. The summed E-state index contributed by atoms with van der Waals surface area (Å²) in [4.78, 5) is 0. The van der Waals surface area contributed by atoms with Gasteiger partial charge in [-0.3, -0.25) is 0 Å². The van der Waals surface area contributed by atoms with Gasteiger partial charge in [0.25, 0.3) is 0 Å². The third-order valence-corrected chi connectivity index (χ3v) is 2.95. The normalized spacial score (nSPS) is 9.67. The van der Waals surface area contributed by atoms with Gasteiger partial charge in [-0.05, 0) is 0 Å². The van der Waals surface area contributed by atoms with Gasteiger partial charge in [0, 0.05) is 0 Å². The molecule has 0 nitrogen and oxygen atoms in total. The van der Waals surface area contributed by atoms with Gasteiger partial charge in [-0.1, -0.05) is 0 Å². The molecule has 0 heterocycles. The second-order valence-corrected chi connectivity index (χ2v) is 3.72. The molecule has 0 aliphatic carbocycles. The first-order valence-corrected chi connectivity index (χ1v) is 4.73. The van der Waals surface area contributed by atoms with Crippen LogP contribution in [0.1, 0.15) is 12.5 Å². The van der Waals surface area contributed by atoms with Crippen LogP contribution in [-0.2, 0) is 24.7 Å². The third kappa shape index (κ3) is 1.62. The van der Waals surface area contributed by atoms with Crippen molar-refractivity contribution in [1.82, 2.24) is 0 Å². The monoisotopic (exact) mass is 169 g/mol. The molecular weight excluding hydrogens is 161 g/mol. The molecule has 0 radical (unpaired) electrons. The van der Waals surface area contributed by atoms with E-state index in [2.05, 4.69) is 31.2 Å². The van der Waals surface area contributed by atoms with Crippen LogP contribution in [0.25, 0.3) is 0 Å². The van der Waals surface area contributed by atoms with E-state index in [0.29, 0.717) is 0 Å². The number of benzene rings is 1. The Labute approximate surface area is 66.0 Å². The SMILES string of the molecule is CCc1cccc[c]1[Zn]. The van der Waals surface area contributed by atoms with Crippen LogP contribution in [0.2, 0.25) is 0 Å². The van der Waals surface area contributed by atoms with E-state index in [4.69, 9.17) is 0 Å². The zero-order valence-corrected chi connectivity index (χ0v) is 8.69. The van der Waals surface area contributed by atoms with Crippen molar-refractivity contribution in [3.63, 3.8) is 0 Å². The van der Waals surface area contributed by atoms with Crippen LogP contribution >= 0.6 is 0 Å². The predicted molar refractivity (Wildman–Crippen MR) is 35.5 cm³/mol. The van der Waals surface area contributed by atoms with Gasteiger partial charge in [-0.15, -0.1) is 0 Å². The van der Waals surface area contributed by atoms with Crippen molar-refractivity contribution in [1.29, 1.82) is 0 Å². The maximum atomic E-state index is 2.21. The molecule has 0 aliphatic heterocycles. The van der Waals surface area contributed by atoms with Gasteiger partial charge in [0.2, 0.25) is 0 Å². The van der Waals surface area contributed by atoms with Gasteiger partial charge in [0.05, 0.1) is 0 Å². The topological polar surface area (TPSA) is 0 Å². The van der Waals surface area contributed by atoms with Crippen LogP contribution in [-0.4, -0.2) is 0 Å². The van der Waals surface area contributed by atoms with Gasteiger partial charge in [0.15, 0.2) is 0 Å². The van der Waals surface area contributed by atoms with Crippen LogP contribution < -0.4 is 4.16 Å². The molecule has 0 aromatic heterocycles. The van der Waals surface area contributed by atoms with Gasteiger partial charge in [-0.25, -0.2) is 0 Å². The molecule has 0 spiro atoms. The molecule has 1 rings (SSSR count). The first-order chi connectivity index (χ1) is 4.34. The molecule has 0 fully saturated rings. The van der Waals surface area contributed by atoms with Crippen LogP contribution in [0.15, 0.2) is 24.3 Å². The third-order valence-electron chi connectivity index (χ3n) is 1.50. The number of hydrogen-bond donors (Lipinski definition) is 0. The fourth-order valence-electron chi connectivity index (χ4n) is 0.902. The molecule has 1 aromatic carbocycles. The second-order valence-electron chi connectivity index (χ2n) is 2.12. The van der Waals surface area contributed by atoms with Crippen LogP contribution in [0.5, 0.6) is 0 Å². The summed E-state index contributed by atoms with van der Waals surface area (Å²) in [6, 6.07) is 8.63. The van der Waals surface area contributed by atoms with Crippen molar-refractivity contribution in [3.8, 4) is 0 Å². The van der Waals surface area contributed by atoms with Crippen molar-refractivity contribution < 1.29 is 18.3 Å². The minimum absolute atomic E-state index is 1.18. The summed E-state index contributed by atoms with van der Waals surface area (Å²) < 4.78 is 1.53. The maximum absolute atomic E-state index is 2.21. The van der Waals surface area contributed by atoms with Crippen molar-refractivity contribution in [2.24, 2.45) is 0 Å². The summed E-state index contributed by atoms with van der Waals surface area (Å²) in [6.07, 6.45) is 1.18. The first-order valence-electron chi connectivity index (χ1n) is 3.24. The van der Waals surface area contributed by atoms with E-state index in [1.54, 1.807) is 0 Å². The van der Waals surface area contributed by atoms with E-state index < -0.39 is 0 Å². The Morgan fingerprint density at radius 2 is 2.00 bits per heavy atom. The zero-order chi connectivity index (χ0) is 6.69. The fourth-order valence-corrected chi connectivity index (χ4v) is 1.96. The molecule has 1 heteroatoms. The Morgan fingerprint density at radius 1 is 1.33 bits per heavy atom. The predicted octanol–water partition coefficient (Wildman–Crippen LogP) is 1.42. The van der Waals surface area contributed by atoms with Gasteiger partial charge < -0.3 is 0 Å². The van der Waals surface area contributed by atoms with Gasteiger partial charge in [0.1, 0.15) is 0 Å². The van der Waals surface area contributed by atoms with Crippen molar-refractivity contribution >= 4 is 4.16 Å². The summed E-state index contributed by atoms with van der Waals surface area (Å²) in [5.74, 6) is 0. The Kier molecular flexibility index (Phi) is 2.41. The molecule has 43 valence electrons. The Balaban J connectivity index is 3.01. The molecule has 0 atom stereocenters. The van der Waals surface area contributed by atoms with Gasteiger partial charge in [-0.2, -0.15) is 0 Å². The van der Waals surface area contributed by atoms with E-state index in [1.165, 1.54) is 34.4 Å². The molecule has 0 saturated carbocycles. The molecule has 0 saturated heterocycles.